The summed E-state index contributed by atoms with van der Waals surface area (Å²) in [6.07, 6.45) is 5.17. The highest BCUT2D eigenvalue weighted by atomic mass is 16.3. The van der Waals surface area contributed by atoms with Crippen molar-refractivity contribution in [1.29, 1.82) is 0 Å². The van der Waals surface area contributed by atoms with E-state index in [1.807, 2.05) is 24.3 Å². The van der Waals surface area contributed by atoms with Crippen molar-refractivity contribution < 1.29 is 14.7 Å². The summed E-state index contributed by atoms with van der Waals surface area (Å²) in [7, 11) is 0. The minimum absolute atomic E-state index is 0.0229. The molecule has 1 aromatic rings. The van der Waals surface area contributed by atoms with Crippen LogP contribution in [0, 0.1) is 11.3 Å². The van der Waals surface area contributed by atoms with E-state index in [0.717, 1.165) is 36.9 Å². The molecule has 2 aliphatic rings. The van der Waals surface area contributed by atoms with Gasteiger partial charge in [0, 0.05) is 31.8 Å². The maximum absolute atomic E-state index is 12.6. The number of carbonyl (C=O) groups is 2. The number of anilines is 1. The molecule has 5 nitrogen and oxygen atoms in total. The Bertz CT molecular complexity index is 640. The van der Waals surface area contributed by atoms with Crippen molar-refractivity contribution in [3.8, 4) is 0 Å². The van der Waals surface area contributed by atoms with Gasteiger partial charge in [-0.3, -0.25) is 9.59 Å². The Morgan fingerprint density at radius 1 is 1.36 bits per heavy atom. The van der Waals surface area contributed by atoms with Crippen LogP contribution in [0.5, 0.6) is 0 Å². The third-order valence-corrected chi connectivity index (χ3v) is 5.85. The lowest BCUT2D eigenvalue weighted by atomic mass is 9.66. The average Bonchev–Trinajstić information content (AvgIpc) is 2.98. The SMILES string of the molecule is CCc1ccccc1N1CC(C(=O)NCC2(CCO)CCC2)CC1=O. The van der Waals surface area contributed by atoms with Gasteiger partial charge in [0.25, 0.3) is 0 Å². The molecule has 5 heteroatoms. The first kappa shape index (κ1) is 17.9. The molecule has 1 atom stereocenters. The summed E-state index contributed by atoms with van der Waals surface area (Å²) in [6, 6.07) is 7.91. The molecule has 136 valence electrons. The highest BCUT2D eigenvalue weighted by Gasteiger charge is 2.39. The number of carbonyl (C=O) groups excluding carboxylic acids is 2. The normalized spacial score (nSPS) is 21.9. The Morgan fingerprint density at radius 2 is 2.12 bits per heavy atom. The molecule has 3 rings (SSSR count). The molecule has 2 N–H and O–H groups in total. The molecule has 1 saturated carbocycles. The molecule has 25 heavy (non-hydrogen) atoms. The number of benzene rings is 1. The summed E-state index contributed by atoms with van der Waals surface area (Å²) < 4.78 is 0. The minimum atomic E-state index is -0.288. The maximum Gasteiger partial charge on any atom is 0.227 e. The van der Waals surface area contributed by atoms with Gasteiger partial charge in [0.15, 0.2) is 0 Å². The summed E-state index contributed by atoms with van der Waals surface area (Å²) >= 11 is 0. The fourth-order valence-electron chi connectivity index (χ4n) is 4.04. The summed E-state index contributed by atoms with van der Waals surface area (Å²) in [6.45, 7) is 3.31. The minimum Gasteiger partial charge on any atom is -0.396 e. The van der Waals surface area contributed by atoms with Crippen molar-refractivity contribution in [3.05, 3.63) is 29.8 Å². The number of aryl methyl sites for hydroxylation is 1. The Hall–Kier alpha value is -1.88. The summed E-state index contributed by atoms with van der Waals surface area (Å²) in [5, 5.41) is 12.3. The second-order valence-corrected chi connectivity index (χ2v) is 7.43. The van der Waals surface area contributed by atoms with Crippen molar-refractivity contribution in [3.63, 3.8) is 0 Å². The summed E-state index contributed by atoms with van der Waals surface area (Å²) in [5.41, 5.74) is 2.14. The number of hydrogen-bond acceptors (Lipinski definition) is 3. The molecule has 0 bridgehead atoms. The van der Waals surface area contributed by atoms with Crippen molar-refractivity contribution in [1.82, 2.24) is 5.32 Å². The highest BCUT2D eigenvalue weighted by molar-refractivity contribution is 6.00. The Balaban J connectivity index is 1.61. The molecule has 1 unspecified atom stereocenters. The highest BCUT2D eigenvalue weighted by Crippen LogP contribution is 2.43. The molecule has 1 saturated heterocycles. The van der Waals surface area contributed by atoms with Gasteiger partial charge in [0.1, 0.15) is 0 Å². The van der Waals surface area contributed by atoms with Crippen LogP contribution in [-0.2, 0) is 16.0 Å². The molecule has 0 radical (unpaired) electrons. The lowest BCUT2D eigenvalue weighted by Gasteiger charge is -2.42. The third-order valence-electron chi connectivity index (χ3n) is 5.85. The number of para-hydroxylation sites is 1. The van der Waals surface area contributed by atoms with E-state index in [1.165, 1.54) is 6.42 Å². The van der Waals surface area contributed by atoms with Gasteiger partial charge < -0.3 is 15.3 Å². The number of amides is 2. The predicted molar refractivity (Wildman–Crippen MR) is 97.3 cm³/mol. The van der Waals surface area contributed by atoms with Crippen LogP contribution in [0.4, 0.5) is 5.69 Å². The fraction of sp³-hybridized carbons (Fsp3) is 0.600. The lowest BCUT2D eigenvalue weighted by Crippen LogP contribution is -2.44. The number of aliphatic hydroxyl groups is 1. The van der Waals surface area contributed by atoms with Crippen LogP contribution in [-0.4, -0.2) is 36.6 Å². The van der Waals surface area contributed by atoms with Gasteiger partial charge in [0.2, 0.25) is 11.8 Å². The van der Waals surface area contributed by atoms with Crippen LogP contribution in [0.25, 0.3) is 0 Å². The first-order valence-electron chi connectivity index (χ1n) is 9.35. The summed E-state index contributed by atoms with van der Waals surface area (Å²) in [5.74, 6) is -0.299. The van der Waals surface area contributed by atoms with Crippen LogP contribution >= 0.6 is 0 Å². The maximum atomic E-state index is 12.6. The predicted octanol–water partition coefficient (Wildman–Crippen LogP) is 2.27. The molecule has 2 fully saturated rings. The van der Waals surface area contributed by atoms with Crippen LogP contribution in [0.1, 0.15) is 44.6 Å². The molecule has 0 aromatic heterocycles. The molecule has 1 aliphatic carbocycles. The summed E-state index contributed by atoms with van der Waals surface area (Å²) in [4.78, 5) is 26.8. The van der Waals surface area contributed by atoms with Crippen LogP contribution < -0.4 is 10.2 Å². The van der Waals surface area contributed by atoms with E-state index in [-0.39, 0.29) is 36.2 Å². The zero-order chi connectivity index (χ0) is 17.9. The van der Waals surface area contributed by atoms with Gasteiger partial charge in [-0.2, -0.15) is 0 Å². The fourth-order valence-corrected chi connectivity index (χ4v) is 4.04. The number of nitrogens with one attached hydrogen (secondary N) is 1. The molecular formula is C20H28N2O3. The van der Waals surface area contributed by atoms with Crippen molar-refractivity contribution in [2.24, 2.45) is 11.3 Å². The molecule has 1 heterocycles. The van der Waals surface area contributed by atoms with E-state index in [4.69, 9.17) is 0 Å². The van der Waals surface area contributed by atoms with E-state index >= 15 is 0 Å². The van der Waals surface area contributed by atoms with Crippen molar-refractivity contribution in [2.75, 3.05) is 24.6 Å². The van der Waals surface area contributed by atoms with Crippen molar-refractivity contribution in [2.45, 2.75) is 45.4 Å². The second-order valence-electron chi connectivity index (χ2n) is 7.43. The standard InChI is InChI=1S/C20H28N2O3/c1-2-15-6-3-4-7-17(15)22-13-16(12-18(22)24)19(25)21-14-20(10-11-23)8-5-9-20/h3-4,6-7,16,23H,2,5,8-14H2,1H3,(H,21,25). The van der Waals surface area contributed by atoms with Gasteiger partial charge in [-0.05, 0) is 42.7 Å². The van der Waals surface area contributed by atoms with E-state index in [0.29, 0.717) is 13.1 Å². The quantitative estimate of drug-likeness (QED) is 0.797. The number of hydrogen-bond donors (Lipinski definition) is 2. The van der Waals surface area contributed by atoms with Crippen LogP contribution in [0.3, 0.4) is 0 Å². The number of aliphatic hydroxyl groups excluding tert-OH is 1. The van der Waals surface area contributed by atoms with Crippen molar-refractivity contribution >= 4 is 17.5 Å². The number of nitrogens with zero attached hydrogens (tertiary/aromatic N) is 1. The zero-order valence-corrected chi connectivity index (χ0v) is 15.0. The lowest BCUT2D eigenvalue weighted by molar-refractivity contribution is -0.127. The van der Waals surface area contributed by atoms with Gasteiger partial charge in [-0.1, -0.05) is 31.5 Å². The van der Waals surface area contributed by atoms with E-state index in [1.54, 1.807) is 4.90 Å². The zero-order valence-electron chi connectivity index (χ0n) is 15.0. The Labute approximate surface area is 149 Å². The largest absolute Gasteiger partial charge is 0.396 e. The molecule has 1 aliphatic heterocycles. The Kier molecular flexibility index (Phi) is 5.42. The van der Waals surface area contributed by atoms with E-state index in [2.05, 4.69) is 12.2 Å². The molecular weight excluding hydrogens is 316 g/mol. The smallest absolute Gasteiger partial charge is 0.227 e. The van der Waals surface area contributed by atoms with Gasteiger partial charge in [-0.15, -0.1) is 0 Å². The molecule has 2 amide bonds. The first-order valence-corrected chi connectivity index (χ1v) is 9.35. The van der Waals surface area contributed by atoms with E-state index < -0.39 is 0 Å². The van der Waals surface area contributed by atoms with Gasteiger partial charge >= 0.3 is 0 Å². The van der Waals surface area contributed by atoms with Gasteiger partial charge in [-0.25, -0.2) is 0 Å². The molecule has 1 aromatic carbocycles. The average molecular weight is 344 g/mol. The van der Waals surface area contributed by atoms with Crippen LogP contribution in [0.15, 0.2) is 24.3 Å². The number of rotatable bonds is 7. The molecule has 0 spiro atoms. The van der Waals surface area contributed by atoms with Gasteiger partial charge in [0.05, 0.1) is 5.92 Å². The van der Waals surface area contributed by atoms with E-state index in [9.17, 15) is 14.7 Å². The Morgan fingerprint density at radius 3 is 2.76 bits per heavy atom. The topological polar surface area (TPSA) is 69.6 Å². The second kappa shape index (κ2) is 7.56. The first-order chi connectivity index (χ1) is 12.1. The third kappa shape index (κ3) is 3.71. The monoisotopic (exact) mass is 344 g/mol. The van der Waals surface area contributed by atoms with Crippen LogP contribution in [0.2, 0.25) is 0 Å².